The van der Waals surface area contributed by atoms with E-state index in [1.165, 1.54) is 69.8 Å². The lowest BCUT2D eigenvalue weighted by molar-refractivity contribution is -0.116. The molecule has 169 valence electrons. The Hall–Kier alpha value is -1.47. The van der Waals surface area contributed by atoms with E-state index in [4.69, 9.17) is 11.6 Å². The summed E-state index contributed by atoms with van der Waals surface area (Å²) in [5.41, 5.74) is 0.255. The highest BCUT2D eigenvalue weighted by Gasteiger charge is 2.17. The van der Waals surface area contributed by atoms with Gasteiger partial charge in [0.15, 0.2) is 10.8 Å². The Balaban J connectivity index is 2.13. The molecule has 0 spiro atoms. The second-order valence-electron chi connectivity index (χ2n) is 7.87. The first-order chi connectivity index (χ1) is 14.5. The van der Waals surface area contributed by atoms with Crippen LogP contribution in [0.2, 0.25) is 0 Å². The number of unbranched alkanes of at least 4 members (excludes halogenated alkanes) is 8. The molecule has 0 saturated carbocycles. The number of nitrogens with one attached hydrogen (secondary N) is 1. The van der Waals surface area contributed by atoms with Crippen LogP contribution in [-0.2, 0) is 14.4 Å². The van der Waals surface area contributed by atoms with Crippen LogP contribution in [0.5, 0.6) is 0 Å². The summed E-state index contributed by atoms with van der Waals surface area (Å²) < 4.78 is 0. The summed E-state index contributed by atoms with van der Waals surface area (Å²) in [6.45, 7) is 4.57. The number of hydrogen-bond acceptors (Lipinski definition) is 6. The van der Waals surface area contributed by atoms with E-state index in [9.17, 15) is 9.59 Å². The second-order valence-corrected chi connectivity index (χ2v) is 9.26. The molecule has 1 amide bonds. The molecule has 0 aromatic carbocycles. The van der Waals surface area contributed by atoms with Gasteiger partial charge in [-0.25, -0.2) is 4.98 Å². The van der Waals surface area contributed by atoms with E-state index < -0.39 is 5.38 Å². The number of alkyl halides is 1. The number of thiazole rings is 1. The molecule has 0 aliphatic carbocycles. The predicted molar refractivity (Wildman–Crippen MR) is 125 cm³/mol. The third-order valence-electron chi connectivity index (χ3n) is 4.78. The van der Waals surface area contributed by atoms with E-state index in [0.29, 0.717) is 17.2 Å². The van der Waals surface area contributed by atoms with Crippen LogP contribution in [0.15, 0.2) is 10.5 Å². The van der Waals surface area contributed by atoms with Crippen LogP contribution >= 0.6 is 22.9 Å². The summed E-state index contributed by atoms with van der Waals surface area (Å²) in [6.07, 6.45) is 14.8. The van der Waals surface area contributed by atoms with Crippen molar-refractivity contribution in [1.29, 1.82) is 0 Å². The molecule has 1 radical (unpaired) electrons. The molecule has 6 nitrogen and oxygen atoms in total. The van der Waals surface area contributed by atoms with E-state index in [1.54, 1.807) is 11.7 Å². The van der Waals surface area contributed by atoms with Crippen LogP contribution in [0.3, 0.4) is 0 Å². The highest BCUT2D eigenvalue weighted by atomic mass is 35.5. The molecule has 1 atom stereocenters. The molecule has 1 aromatic rings. The number of hydrogen-bond donors (Lipinski definition) is 1. The quantitative estimate of drug-likeness (QED) is 0.133. The number of carbonyl (C=O) groups excluding carboxylic acids is 2. The van der Waals surface area contributed by atoms with Crippen LogP contribution in [0, 0.1) is 5.92 Å². The van der Waals surface area contributed by atoms with E-state index >= 15 is 0 Å². The minimum absolute atomic E-state index is 0.0489. The molecule has 1 heterocycles. The van der Waals surface area contributed by atoms with Crippen molar-refractivity contribution in [1.82, 2.24) is 4.98 Å². The van der Waals surface area contributed by atoms with Crippen LogP contribution < -0.4 is 5.32 Å². The zero-order chi connectivity index (χ0) is 22.2. The first kappa shape index (κ1) is 26.6. The van der Waals surface area contributed by atoms with Gasteiger partial charge in [0.1, 0.15) is 18.2 Å². The zero-order valence-electron chi connectivity index (χ0n) is 18.4. The Morgan fingerprint density at radius 2 is 1.70 bits per heavy atom. The average molecular weight is 457 g/mol. The summed E-state index contributed by atoms with van der Waals surface area (Å²) in [4.78, 5) is 31.8. The third-order valence-corrected chi connectivity index (χ3v) is 5.95. The van der Waals surface area contributed by atoms with E-state index in [2.05, 4.69) is 34.1 Å². The number of aromatic nitrogens is 1. The molecule has 30 heavy (non-hydrogen) atoms. The molecule has 0 bridgehead atoms. The van der Waals surface area contributed by atoms with Crippen molar-refractivity contribution in [2.45, 2.75) is 89.9 Å². The van der Waals surface area contributed by atoms with E-state index in [-0.39, 0.29) is 11.6 Å². The molecule has 0 saturated heterocycles. The monoisotopic (exact) mass is 456 g/mol. The van der Waals surface area contributed by atoms with Gasteiger partial charge in [0.05, 0.1) is 0 Å². The van der Waals surface area contributed by atoms with Crippen LogP contribution in [0.1, 0.15) is 90.2 Å². The summed E-state index contributed by atoms with van der Waals surface area (Å²) in [6, 6.07) is 0. The fraction of sp³-hybridized carbons (Fsp3) is 0.727. The maximum absolute atomic E-state index is 12.2. The molecule has 1 N–H and O–H groups in total. The number of carbonyl (C=O) groups is 1. The SMILES string of the molecule is CON=C([C]=O)c1csc(NC(=O)C(Cl)CCCCCCCCCCCC(C)C)n1. The Morgan fingerprint density at radius 3 is 2.23 bits per heavy atom. The lowest BCUT2D eigenvalue weighted by Crippen LogP contribution is -2.23. The van der Waals surface area contributed by atoms with Gasteiger partial charge >= 0.3 is 0 Å². The first-order valence-electron chi connectivity index (χ1n) is 10.9. The van der Waals surface area contributed by atoms with Gasteiger partial charge in [0.25, 0.3) is 6.29 Å². The largest absolute Gasteiger partial charge is 0.398 e. The molecule has 1 aromatic heterocycles. The van der Waals surface area contributed by atoms with Gasteiger partial charge in [-0.05, 0) is 12.3 Å². The van der Waals surface area contributed by atoms with Crippen molar-refractivity contribution in [2.24, 2.45) is 11.1 Å². The standard InChI is InChI=1S/C22H35ClN3O3S/c1-17(2)13-11-9-7-5-4-6-8-10-12-14-18(23)21(28)25-22-24-20(16-30-22)19(15-27)26-29-3/h16-18H,4-14H2,1-3H3,(H,24,25,28). The summed E-state index contributed by atoms with van der Waals surface area (Å²) >= 11 is 7.41. The number of oxime groups is 1. The Kier molecular flexibility index (Phi) is 14.4. The van der Waals surface area contributed by atoms with Crippen molar-refractivity contribution >= 4 is 46.0 Å². The van der Waals surface area contributed by atoms with Gasteiger partial charge in [0, 0.05) is 5.38 Å². The Morgan fingerprint density at radius 1 is 1.13 bits per heavy atom. The second kappa shape index (κ2) is 16.3. The molecule has 0 aliphatic heterocycles. The van der Waals surface area contributed by atoms with Gasteiger partial charge in [-0.2, -0.15) is 0 Å². The maximum atomic E-state index is 12.2. The topological polar surface area (TPSA) is 80.6 Å². The summed E-state index contributed by atoms with van der Waals surface area (Å²) in [5.74, 6) is 0.542. The Labute approximate surface area is 189 Å². The molecule has 1 unspecified atom stereocenters. The number of anilines is 1. The number of rotatable bonds is 17. The minimum Gasteiger partial charge on any atom is -0.398 e. The predicted octanol–water partition coefficient (Wildman–Crippen LogP) is 6.10. The van der Waals surface area contributed by atoms with E-state index in [1.807, 2.05) is 0 Å². The Bertz CT molecular complexity index is 649. The van der Waals surface area contributed by atoms with Crippen molar-refractivity contribution in [3.05, 3.63) is 11.1 Å². The van der Waals surface area contributed by atoms with Gasteiger partial charge in [-0.15, -0.1) is 22.9 Å². The fourth-order valence-corrected chi connectivity index (χ4v) is 3.98. The maximum Gasteiger partial charge on any atom is 0.259 e. The highest BCUT2D eigenvalue weighted by Crippen LogP contribution is 2.19. The van der Waals surface area contributed by atoms with Gasteiger partial charge in [-0.3, -0.25) is 9.59 Å². The van der Waals surface area contributed by atoms with E-state index in [0.717, 1.165) is 18.8 Å². The van der Waals surface area contributed by atoms with Crippen LogP contribution in [0.25, 0.3) is 0 Å². The molecule has 0 fully saturated rings. The van der Waals surface area contributed by atoms with Crippen LogP contribution in [-0.4, -0.2) is 35.4 Å². The third kappa shape index (κ3) is 11.6. The zero-order valence-corrected chi connectivity index (χ0v) is 20.0. The minimum atomic E-state index is -0.594. The summed E-state index contributed by atoms with van der Waals surface area (Å²) in [5, 5.41) is 7.60. The molecular weight excluding hydrogens is 422 g/mol. The molecular formula is C22H35ClN3O3S. The first-order valence-corrected chi connectivity index (χ1v) is 12.2. The highest BCUT2D eigenvalue weighted by molar-refractivity contribution is 7.14. The molecule has 0 aliphatic rings. The summed E-state index contributed by atoms with van der Waals surface area (Å²) in [7, 11) is 1.33. The number of amides is 1. The van der Waals surface area contributed by atoms with Crippen molar-refractivity contribution in [2.75, 3.05) is 12.4 Å². The van der Waals surface area contributed by atoms with Crippen LogP contribution in [0.4, 0.5) is 5.13 Å². The molecule has 8 heteroatoms. The number of halogens is 1. The normalized spacial score (nSPS) is 12.8. The molecule has 1 rings (SSSR count). The van der Waals surface area contributed by atoms with Gasteiger partial charge in [0.2, 0.25) is 5.91 Å². The lowest BCUT2D eigenvalue weighted by atomic mass is 10.0. The fourth-order valence-electron chi connectivity index (χ4n) is 3.08. The average Bonchev–Trinajstić information content (AvgIpc) is 3.17. The van der Waals surface area contributed by atoms with Gasteiger partial charge in [-0.1, -0.05) is 83.2 Å². The van der Waals surface area contributed by atoms with Gasteiger partial charge < -0.3 is 10.2 Å². The van der Waals surface area contributed by atoms with Crippen molar-refractivity contribution in [3.63, 3.8) is 0 Å². The number of nitrogens with zero attached hydrogens (tertiary/aromatic N) is 2. The lowest BCUT2D eigenvalue weighted by Gasteiger charge is -2.08. The van der Waals surface area contributed by atoms with Crippen molar-refractivity contribution < 1.29 is 14.4 Å². The smallest absolute Gasteiger partial charge is 0.259 e. The van der Waals surface area contributed by atoms with Crippen molar-refractivity contribution in [3.8, 4) is 0 Å².